The Labute approximate surface area is 133 Å². The molecule has 0 radical (unpaired) electrons. The van der Waals surface area contributed by atoms with Crippen LogP contribution in [-0.2, 0) is 0 Å². The number of pyridine rings is 1. The van der Waals surface area contributed by atoms with Gasteiger partial charge in [0.1, 0.15) is 5.75 Å². The van der Waals surface area contributed by atoms with Gasteiger partial charge in [-0.2, -0.15) is 0 Å². The largest absolute Gasteiger partial charge is 0.492 e. The van der Waals surface area contributed by atoms with Gasteiger partial charge in [0.25, 0.3) is 0 Å². The van der Waals surface area contributed by atoms with Gasteiger partial charge in [-0.05, 0) is 48.2 Å². The molecule has 1 aromatic carbocycles. The lowest BCUT2D eigenvalue weighted by Crippen LogP contribution is -2.29. The summed E-state index contributed by atoms with van der Waals surface area (Å²) >= 11 is 3.48. The molecule has 5 heteroatoms. The van der Waals surface area contributed by atoms with Crippen molar-refractivity contribution in [3.05, 3.63) is 57.8 Å². The lowest BCUT2D eigenvalue weighted by atomic mass is 9.96. The highest BCUT2D eigenvalue weighted by molar-refractivity contribution is 9.10. The third-order valence-corrected chi connectivity index (χ3v) is 3.74. The number of benzene rings is 1. The van der Waals surface area contributed by atoms with Gasteiger partial charge in [-0.1, -0.05) is 28.9 Å². The van der Waals surface area contributed by atoms with E-state index in [1.54, 1.807) is 6.20 Å². The summed E-state index contributed by atoms with van der Waals surface area (Å²) in [4.78, 5) is 4.25. The van der Waals surface area contributed by atoms with E-state index < -0.39 is 0 Å². The average molecular weight is 350 g/mol. The molecule has 0 fully saturated rings. The molecule has 0 aliphatic heterocycles. The fourth-order valence-corrected chi connectivity index (χ4v) is 2.70. The molecule has 0 aliphatic rings. The van der Waals surface area contributed by atoms with Crippen molar-refractivity contribution in [1.29, 1.82) is 0 Å². The van der Waals surface area contributed by atoms with E-state index >= 15 is 0 Å². The van der Waals surface area contributed by atoms with Gasteiger partial charge >= 0.3 is 0 Å². The first-order valence-corrected chi connectivity index (χ1v) is 7.75. The molecule has 0 bridgehead atoms. The maximum absolute atomic E-state index is 5.76. The monoisotopic (exact) mass is 349 g/mol. The van der Waals surface area contributed by atoms with Gasteiger partial charge in [0.2, 0.25) is 0 Å². The smallest absolute Gasteiger partial charge is 0.137 e. The molecule has 3 N–H and O–H groups in total. The van der Waals surface area contributed by atoms with E-state index in [1.165, 1.54) is 0 Å². The van der Waals surface area contributed by atoms with Crippen molar-refractivity contribution >= 4 is 15.9 Å². The lowest BCUT2D eigenvalue weighted by molar-refractivity contribution is 0.315. The van der Waals surface area contributed by atoms with Crippen molar-refractivity contribution < 1.29 is 4.74 Å². The number of nitrogens with two attached hydrogens (primary N) is 1. The molecule has 1 heterocycles. The number of nitrogens with zero attached hydrogens (tertiary/aromatic N) is 1. The molecule has 1 unspecified atom stereocenters. The number of aryl methyl sites for hydroxylation is 1. The van der Waals surface area contributed by atoms with E-state index in [2.05, 4.69) is 52.3 Å². The fourth-order valence-electron chi connectivity index (χ4n) is 2.22. The quantitative estimate of drug-likeness (QED) is 0.618. The molecule has 2 rings (SSSR count). The maximum Gasteiger partial charge on any atom is 0.137 e. The zero-order valence-corrected chi connectivity index (χ0v) is 13.9. The number of rotatable bonds is 6. The van der Waals surface area contributed by atoms with E-state index in [0.717, 1.165) is 33.3 Å². The van der Waals surface area contributed by atoms with Crippen molar-refractivity contribution in [2.75, 3.05) is 6.61 Å². The molecular formula is C16H20BrN3O. The second-order valence-electron chi connectivity index (χ2n) is 4.90. The Morgan fingerprint density at radius 2 is 2.14 bits per heavy atom. The van der Waals surface area contributed by atoms with Gasteiger partial charge in [-0.15, -0.1) is 0 Å². The molecule has 0 spiro atoms. The van der Waals surface area contributed by atoms with Crippen molar-refractivity contribution in [2.24, 2.45) is 5.84 Å². The second-order valence-corrected chi connectivity index (χ2v) is 5.82. The minimum Gasteiger partial charge on any atom is -0.492 e. The van der Waals surface area contributed by atoms with Crippen molar-refractivity contribution in [2.45, 2.75) is 26.3 Å². The van der Waals surface area contributed by atoms with Crippen LogP contribution in [0, 0.1) is 6.92 Å². The maximum atomic E-state index is 5.76. The Morgan fingerprint density at radius 3 is 2.81 bits per heavy atom. The summed E-state index contributed by atoms with van der Waals surface area (Å²) in [6.07, 6.45) is 4.50. The summed E-state index contributed by atoms with van der Waals surface area (Å²) in [5.41, 5.74) is 6.13. The number of halogens is 1. The summed E-state index contributed by atoms with van der Waals surface area (Å²) in [5, 5.41) is 0. The number of hydrogen-bond acceptors (Lipinski definition) is 4. The summed E-state index contributed by atoms with van der Waals surface area (Å²) < 4.78 is 6.69. The average Bonchev–Trinajstić information content (AvgIpc) is 2.48. The molecular weight excluding hydrogens is 330 g/mol. The highest BCUT2D eigenvalue weighted by Gasteiger charge is 2.16. The van der Waals surface area contributed by atoms with Crippen LogP contribution in [0.5, 0.6) is 5.75 Å². The normalized spacial score (nSPS) is 12.2. The van der Waals surface area contributed by atoms with Crippen LogP contribution in [0.4, 0.5) is 0 Å². The Balaban J connectivity index is 2.32. The predicted molar refractivity (Wildman–Crippen MR) is 88.1 cm³/mol. The molecule has 2 aromatic rings. The first-order valence-electron chi connectivity index (χ1n) is 6.95. The molecule has 0 saturated carbocycles. The third-order valence-electron chi connectivity index (χ3n) is 3.25. The van der Waals surface area contributed by atoms with Crippen molar-refractivity contribution in [3.63, 3.8) is 0 Å². The van der Waals surface area contributed by atoms with Gasteiger partial charge in [-0.3, -0.25) is 10.8 Å². The van der Waals surface area contributed by atoms with Crippen LogP contribution in [0.2, 0.25) is 0 Å². The van der Waals surface area contributed by atoms with Crippen LogP contribution in [0.3, 0.4) is 0 Å². The molecule has 0 aliphatic carbocycles. The van der Waals surface area contributed by atoms with E-state index in [0.29, 0.717) is 6.61 Å². The minimum atomic E-state index is -0.115. The van der Waals surface area contributed by atoms with Gasteiger partial charge in [0, 0.05) is 10.7 Å². The summed E-state index contributed by atoms with van der Waals surface area (Å²) in [6, 6.07) is 8.01. The highest BCUT2D eigenvalue weighted by Crippen LogP contribution is 2.27. The van der Waals surface area contributed by atoms with Gasteiger partial charge in [-0.25, -0.2) is 5.43 Å². The van der Waals surface area contributed by atoms with Crippen LogP contribution in [0.15, 0.2) is 41.1 Å². The first kappa shape index (κ1) is 15.9. The SMILES string of the molecule is CCCOc1cncc(C(NN)c2ccc(Br)cc2C)c1. The minimum absolute atomic E-state index is 0.115. The van der Waals surface area contributed by atoms with Crippen LogP contribution in [0.1, 0.15) is 36.1 Å². The molecule has 1 atom stereocenters. The topological polar surface area (TPSA) is 60.2 Å². The predicted octanol–water partition coefficient (Wildman–Crippen LogP) is 3.49. The van der Waals surface area contributed by atoms with Crippen molar-refractivity contribution in [1.82, 2.24) is 10.4 Å². The summed E-state index contributed by atoms with van der Waals surface area (Å²) in [7, 11) is 0. The molecule has 0 amide bonds. The molecule has 21 heavy (non-hydrogen) atoms. The Hall–Kier alpha value is -1.43. The number of nitrogens with one attached hydrogen (secondary N) is 1. The van der Waals surface area contributed by atoms with E-state index in [4.69, 9.17) is 10.6 Å². The van der Waals surface area contributed by atoms with Gasteiger partial charge in [0.05, 0.1) is 18.8 Å². The first-order chi connectivity index (χ1) is 10.2. The van der Waals surface area contributed by atoms with Crippen LogP contribution in [-0.4, -0.2) is 11.6 Å². The number of ether oxygens (including phenoxy) is 1. The molecule has 4 nitrogen and oxygen atoms in total. The zero-order chi connectivity index (χ0) is 15.2. The number of aromatic nitrogens is 1. The molecule has 0 saturated heterocycles. The highest BCUT2D eigenvalue weighted by atomic mass is 79.9. The Kier molecular flexibility index (Phi) is 5.73. The molecule has 112 valence electrons. The van der Waals surface area contributed by atoms with E-state index in [9.17, 15) is 0 Å². The van der Waals surface area contributed by atoms with Crippen LogP contribution in [0.25, 0.3) is 0 Å². The third kappa shape index (κ3) is 4.03. The summed E-state index contributed by atoms with van der Waals surface area (Å²) in [6.45, 7) is 4.82. The fraction of sp³-hybridized carbons (Fsp3) is 0.312. The Bertz CT molecular complexity index is 604. The Morgan fingerprint density at radius 1 is 1.33 bits per heavy atom. The van der Waals surface area contributed by atoms with E-state index in [1.807, 2.05) is 18.3 Å². The summed E-state index contributed by atoms with van der Waals surface area (Å²) in [5.74, 6) is 6.53. The van der Waals surface area contributed by atoms with Crippen molar-refractivity contribution in [3.8, 4) is 5.75 Å². The standard InChI is InChI=1S/C16H20BrN3O/c1-3-6-21-14-8-12(9-19-10-14)16(20-18)15-5-4-13(17)7-11(15)2/h4-5,7-10,16,20H,3,6,18H2,1-2H3. The number of hydrogen-bond donors (Lipinski definition) is 2. The van der Waals surface area contributed by atoms with Gasteiger partial charge < -0.3 is 4.74 Å². The van der Waals surface area contributed by atoms with Crippen LogP contribution < -0.4 is 16.0 Å². The second kappa shape index (κ2) is 7.54. The zero-order valence-electron chi connectivity index (χ0n) is 12.3. The van der Waals surface area contributed by atoms with Gasteiger partial charge in [0.15, 0.2) is 0 Å². The van der Waals surface area contributed by atoms with E-state index in [-0.39, 0.29) is 6.04 Å². The molecule has 1 aromatic heterocycles. The van der Waals surface area contributed by atoms with Crippen LogP contribution >= 0.6 is 15.9 Å². The lowest BCUT2D eigenvalue weighted by Gasteiger charge is -2.19. The number of hydrazine groups is 1.